The first-order valence-electron chi connectivity index (χ1n) is 7.60. The first-order valence-corrected chi connectivity index (χ1v) is 7.60. The first-order chi connectivity index (χ1) is 10.3. The highest BCUT2D eigenvalue weighted by molar-refractivity contribution is 5.48. The molecule has 0 fully saturated rings. The summed E-state index contributed by atoms with van der Waals surface area (Å²) in [5.74, 6) is 2.31. The Labute approximate surface area is 126 Å². The maximum absolute atomic E-state index is 4.87. The van der Waals surface area contributed by atoms with Crippen molar-refractivity contribution >= 4 is 5.82 Å². The van der Waals surface area contributed by atoms with Crippen molar-refractivity contribution < 1.29 is 0 Å². The Kier molecular flexibility index (Phi) is 4.15. The standard InChI is InChI=1S/C17H22N4/c1-12-11-19-9-8-14-16(12)20-15(21-17(14)18-2)10-13-6-4-3-5-7-13/h3-7,12,19H,8-11H2,1-2H3,(H,18,20,21)/t12-/m1/s1. The van der Waals surface area contributed by atoms with Gasteiger partial charge in [-0.3, -0.25) is 0 Å². The van der Waals surface area contributed by atoms with Crippen molar-refractivity contribution in [2.45, 2.75) is 25.7 Å². The lowest BCUT2D eigenvalue weighted by molar-refractivity contribution is 0.634. The van der Waals surface area contributed by atoms with Gasteiger partial charge in [-0.2, -0.15) is 0 Å². The smallest absolute Gasteiger partial charge is 0.135 e. The fourth-order valence-electron chi connectivity index (χ4n) is 2.90. The molecule has 0 bridgehead atoms. The summed E-state index contributed by atoms with van der Waals surface area (Å²) in [5.41, 5.74) is 3.72. The Hall–Kier alpha value is -1.94. The Balaban J connectivity index is 1.99. The van der Waals surface area contributed by atoms with Crippen LogP contribution in [-0.4, -0.2) is 30.1 Å². The van der Waals surface area contributed by atoms with Crippen molar-refractivity contribution in [2.24, 2.45) is 0 Å². The lowest BCUT2D eigenvalue weighted by atomic mass is 10.0. The van der Waals surface area contributed by atoms with Gasteiger partial charge in [0.25, 0.3) is 0 Å². The molecule has 0 spiro atoms. The molecule has 0 aliphatic carbocycles. The SMILES string of the molecule is CNc1nc(Cc2ccccc2)nc2c1CCNC[C@H]2C. The van der Waals surface area contributed by atoms with Crippen molar-refractivity contribution in [3.05, 3.63) is 53.0 Å². The second-order valence-corrected chi connectivity index (χ2v) is 5.62. The van der Waals surface area contributed by atoms with Crippen molar-refractivity contribution in [3.63, 3.8) is 0 Å². The van der Waals surface area contributed by atoms with E-state index in [-0.39, 0.29) is 0 Å². The zero-order chi connectivity index (χ0) is 14.7. The summed E-state index contributed by atoms with van der Waals surface area (Å²) in [7, 11) is 1.94. The van der Waals surface area contributed by atoms with Gasteiger partial charge < -0.3 is 10.6 Å². The highest BCUT2D eigenvalue weighted by Gasteiger charge is 2.21. The number of hydrogen-bond acceptors (Lipinski definition) is 4. The minimum absolute atomic E-state index is 0.423. The molecule has 0 radical (unpaired) electrons. The van der Waals surface area contributed by atoms with Crippen LogP contribution in [0.5, 0.6) is 0 Å². The lowest BCUT2D eigenvalue weighted by Gasteiger charge is -2.16. The maximum Gasteiger partial charge on any atom is 0.135 e. The van der Waals surface area contributed by atoms with Gasteiger partial charge in [0.15, 0.2) is 0 Å². The van der Waals surface area contributed by atoms with Crippen LogP contribution in [0.25, 0.3) is 0 Å². The van der Waals surface area contributed by atoms with E-state index in [9.17, 15) is 0 Å². The molecule has 0 saturated heterocycles. The van der Waals surface area contributed by atoms with E-state index >= 15 is 0 Å². The summed E-state index contributed by atoms with van der Waals surface area (Å²) >= 11 is 0. The fourth-order valence-corrected chi connectivity index (χ4v) is 2.90. The van der Waals surface area contributed by atoms with Crippen LogP contribution >= 0.6 is 0 Å². The number of anilines is 1. The van der Waals surface area contributed by atoms with E-state index in [0.29, 0.717) is 5.92 Å². The third kappa shape index (κ3) is 3.05. The monoisotopic (exact) mass is 282 g/mol. The molecular weight excluding hydrogens is 260 g/mol. The van der Waals surface area contributed by atoms with Gasteiger partial charge >= 0.3 is 0 Å². The molecule has 2 aromatic rings. The van der Waals surface area contributed by atoms with Crippen LogP contribution in [-0.2, 0) is 12.8 Å². The molecule has 0 unspecified atom stereocenters. The van der Waals surface area contributed by atoms with Gasteiger partial charge in [-0.25, -0.2) is 9.97 Å². The van der Waals surface area contributed by atoms with Gasteiger partial charge in [-0.05, 0) is 18.5 Å². The number of aromatic nitrogens is 2. The molecule has 2 N–H and O–H groups in total. The molecule has 1 aromatic carbocycles. The first kappa shape index (κ1) is 14.0. The minimum Gasteiger partial charge on any atom is -0.373 e. The number of rotatable bonds is 3. The molecule has 4 heteroatoms. The van der Waals surface area contributed by atoms with Crippen molar-refractivity contribution in [1.82, 2.24) is 15.3 Å². The maximum atomic E-state index is 4.87. The van der Waals surface area contributed by atoms with E-state index in [1.165, 1.54) is 16.8 Å². The topological polar surface area (TPSA) is 49.8 Å². The van der Waals surface area contributed by atoms with E-state index in [4.69, 9.17) is 9.97 Å². The van der Waals surface area contributed by atoms with Crippen LogP contribution in [0.15, 0.2) is 30.3 Å². The molecule has 1 atom stereocenters. The fraction of sp³-hybridized carbons (Fsp3) is 0.412. The summed E-state index contributed by atoms with van der Waals surface area (Å²) in [6.07, 6.45) is 1.77. The van der Waals surface area contributed by atoms with Crippen LogP contribution < -0.4 is 10.6 Å². The molecule has 3 rings (SSSR count). The zero-order valence-electron chi connectivity index (χ0n) is 12.7. The third-order valence-corrected chi connectivity index (χ3v) is 4.00. The van der Waals surface area contributed by atoms with Gasteiger partial charge in [0, 0.05) is 31.5 Å². The van der Waals surface area contributed by atoms with Gasteiger partial charge in [0.05, 0.1) is 5.69 Å². The summed E-state index contributed by atoms with van der Waals surface area (Å²) in [5, 5.41) is 6.72. The normalized spacial score (nSPS) is 17.9. The van der Waals surface area contributed by atoms with E-state index < -0.39 is 0 Å². The van der Waals surface area contributed by atoms with Crippen molar-refractivity contribution in [3.8, 4) is 0 Å². The molecule has 0 amide bonds. The quantitative estimate of drug-likeness (QED) is 0.907. The number of nitrogens with zero attached hydrogens (tertiary/aromatic N) is 2. The van der Waals surface area contributed by atoms with Crippen molar-refractivity contribution in [1.29, 1.82) is 0 Å². The second-order valence-electron chi connectivity index (χ2n) is 5.62. The average Bonchev–Trinajstić information content (AvgIpc) is 2.70. The number of fused-ring (bicyclic) bond motifs is 1. The molecule has 21 heavy (non-hydrogen) atoms. The molecule has 1 aromatic heterocycles. The third-order valence-electron chi connectivity index (χ3n) is 4.00. The van der Waals surface area contributed by atoms with Gasteiger partial charge in [0.1, 0.15) is 11.6 Å². The summed E-state index contributed by atoms with van der Waals surface area (Å²) in [6, 6.07) is 10.4. The molecule has 2 heterocycles. The van der Waals surface area contributed by atoms with Gasteiger partial charge in [-0.1, -0.05) is 37.3 Å². The number of hydrogen-bond donors (Lipinski definition) is 2. The summed E-state index contributed by atoms with van der Waals surface area (Å²) < 4.78 is 0. The lowest BCUT2D eigenvalue weighted by Crippen LogP contribution is -2.18. The molecule has 4 nitrogen and oxygen atoms in total. The van der Waals surface area contributed by atoms with Crippen molar-refractivity contribution in [2.75, 3.05) is 25.5 Å². The molecular formula is C17H22N4. The Morgan fingerprint density at radius 1 is 1.24 bits per heavy atom. The molecule has 1 aliphatic heterocycles. The van der Waals surface area contributed by atoms with E-state index in [1.54, 1.807) is 0 Å². The highest BCUT2D eigenvalue weighted by atomic mass is 15.0. The Morgan fingerprint density at radius 3 is 2.81 bits per heavy atom. The van der Waals surface area contributed by atoms with Gasteiger partial charge in [-0.15, -0.1) is 0 Å². The Bertz CT molecular complexity index is 610. The molecule has 0 saturated carbocycles. The van der Waals surface area contributed by atoms with Crippen LogP contribution in [0.2, 0.25) is 0 Å². The largest absolute Gasteiger partial charge is 0.373 e. The zero-order valence-corrected chi connectivity index (χ0v) is 12.7. The van der Waals surface area contributed by atoms with Crippen LogP contribution in [0.4, 0.5) is 5.82 Å². The predicted octanol–water partition coefficient (Wildman–Crippen LogP) is 2.36. The highest BCUT2D eigenvalue weighted by Crippen LogP contribution is 2.26. The Morgan fingerprint density at radius 2 is 2.05 bits per heavy atom. The molecule has 110 valence electrons. The summed E-state index contributed by atoms with van der Waals surface area (Å²) in [6.45, 7) is 4.21. The number of nitrogens with one attached hydrogen (secondary N) is 2. The second kappa shape index (κ2) is 6.22. The van der Waals surface area contributed by atoms with Crippen LogP contribution in [0.1, 0.15) is 35.5 Å². The summed E-state index contributed by atoms with van der Waals surface area (Å²) in [4.78, 5) is 9.59. The van der Waals surface area contributed by atoms with Crippen LogP contribution in [0.3, 0.4) is 0 Å². The minimum atomic E-state index is 0.423. The predicted molar refractivity (Wildman–Crippen MR) is 85.8 cm³/mol. The van der Waals surface area contributed by atoms with E-state index in [1.807, 2.05) is 13.1 Å². The van der Waals surface area contributed by atoms with E-state index in [0.717, 1.165) is 37.6 Å². The van der Waals surface area contributed by atoms with Crippen LogP contribution in [0, 0.1) is 0 Å². The van der Waals surface area contributed by atoms with Gasteiger partial charge in [0.2, 0.25) is 0 Å². The number of benzene rings is 1. The molecule has 1 aliphatic rings. The van der Waals surface area contributed by atoms with E-state index in [2.05, 4.69) is 41.8 Å². The average molecular weight is 282 g/mol.